The number of nitrogens with zero attached hydrogens (tertiary/aromatic N) is 4. The molecule has 106 valence electrons. The number of piperazine rings is 1. The van der Waals surface area contributed by atoms with Crippen LogP contribution in [0.4, 0.5) is 11.6 Å². The van der Waals surface area contributed by atoms with Gasteiger partial charge in [0.05, 0.1) is 6.61 Å². The van der Waals surface area contributed by atoms with Gasteiger partial charge < -0.3 is 15.3 Å². The predicted molar refractivity (Wildman–Crippen MR) is 76.5 cm³/mol. The molecule has 0 aromatic carbocycles. The van der Waals surface area contributed by atoms with Crippen molar-refractivity contribution in [3.05, 3.63) is 12.4 Å². The first-order chi connectivity index (χ1) is 9.06. The zero-order chi connectivity index (χ0) is 13.9. The molecule has 0 atom stereocenters. The molecular weight excluding hydrogens is 242 g/mol. The minimum Gasteiger partial charge on any atom is -0.395 e. The summed E-state index contributed by atoms with van der Waals surface area (Å²) in [7, 11) is 1.86. The third-order valence-corrected chi connectivity index (χ3v) is 3.68. The highest BCUT2D eigenvalue weighted by molar-refractivity contribution is 5.48. The molecule has 1 aromatic heterocycles. The number of β-amino-alcohol motifs (C(OH)–C–C–N with tert-alkyl or cyclic N) is 1. The molecule has 1 saturated heterocycles. The Labute approximate surface area is 114 Å². The highest BCUT2D eigenvalue weighted by Gasteiger charge is 2.33. The summed E-state index contributed by atoms with van der Waals surface area (Å²) >= 11 is 0. The van der Waals surface area contributed by atoms with Crippen LogP contribution in [0.3, 0.4) is 0 Å². The van der Waals surface area contributed by atoms with Crippen LogP contribution in [0.2, 0.25) is 0 Å². The second-order valence-corrected chi connectivity index (χ2v) is 5.46. The first-order valence-electron chi connectivity index (χ1n) is 6.67. The summed E-state index contributed by atoms with van der Waals surface area (Å²) in [6.07, 6.45) is 1.59. The molecule has 0 aliphatic carbocycles. The molecule has 0 unspecified atom stereocenters. The van der Waals surface area contributed by atoms with Crippen molar-refractivity contribution in [2.75, 3.05) is 50.1 Å². The van der Waals surface area contributed by atoms with Gasteiger partial charge in [-0.1, -0.05) is 0 Å². The fourth-order valence-corrected chi connectivity index (χ4v) is 2.58. The fourth-order valence-electron chi connectivity index (χ4n) is 2.58. The molecule has 0 spiro atoms. The van der Waals surface area contributed by atoms with E-state index in [1.165, 1.54) is 0 Å². The highest BCUT2D eigenvalue weighted by atomic mass is 16.3. The molecule has 19 heavy (non-hydrogen) atoms. The molecule has 0 radical (unpaired) electrons. The Kier molecular flexibility index (Phi) is 4.21. The average Bonchev–Trinajstić information content (AvgIpc) is 2.41. The van der Waals surface area contributed by atoms with E-state index in [-0.39, 0.29) is 12.1 Å². The predicted octanol–water partition coefficient (Wildman–Crippen LogP) is 0.411. The molecule has 6 heteroatoms. The number of aliphatic hydroxyl groups excluding tert-OH is 1. The van der Waals surface area contributed by atoms with Gasteiger partial charge in [-0.05, 0) is 13.8 Å². The maximum atomic E-state index is 9.12. The van der Waals surface area contributed by atoms with Crippen LogP contribution in [0, 0.1) is 0 Å². The normalized spacial score (nSPS) is 19.5. The zero-order valence-corrected chi connectivity index (χ0v) is 11.9. The van der Waals surface area contributed by atoms with Crippen molar-refractivity contribution in [1.29, 1.82) is 0 Å². The van der Waals surface area contributed by atoms with E-state index < -0.39 is 0 Å². The van der Waals surface area contributed by atoms with Gasteiger partial charge in [0.15, 0.2) is 0 Å². The second kappa shape index (κ2) is 5.71. The molecule has 0 saturated carbocycles. The number of aliphatic hydroxyl groups is 1. The van der Waals surface area contributed by atoms with E-state index in [0.29, 0.717) is 0 Å². The van der Waals surface area contributed by atoms with Crippen molar-refractivity contribution in [1.82, 2.24) is 14.9 Å². The van der Waals surface area contributed by atoms with Crippen molar-refractivity contribution >= 4 is 11.6 Å². The van der Waals surface area contributed by atoms with Gasteiger partial charge in [0.25, 0.3) is 0 Å². The summed E-state index contributed by atoms with van der Waals surface area (Å²) in [4.78, 5) is 13.1. The molecule has 1 aromatic rings. The zero-order valence-electron chi connectivity index (χ0n) is 11.9. The molecule has 1 aliphatic heterocycles. The van der Waals surface area contributed by atoms with Crippen LogP contribution in [0.25, 0.3) is 0 Å². The van der Waals surface area contributed by atoms with Crippen LogP contribution in [0.15, 0.2) is 12.4 Å². The van der Waals surface area contributed by atoms with Crippen molar-refractivity contribution in [3.8, 4) is 0 Å². The summed E-state index contributed by atoms with van der Waals surface area (Å²) in [6, 6.07) is 1.97. The van der Waals surface area contributed by atoms with E-state index in [2.05, 4.69) is 38.9 Å². The van der Waals surface area contributed by atoms with Crippen LogP contribution in [-0.4, -0.2) is 65.3 Å². The second-order valence-electron chi connectivity index (χ2n) is 5.46. The van der Waals surface area contributed by atoms with Crippen LogP contribution in [0.1, 0.15) is 13.8 Å². The molecule has 2 rings (SSSR count). The van der Waals surface area contributed by atoms with Crippen molar-refractivity contribution in [2.24, 2.45) is 0 Å². The van der Waals surface area contributed by atoms with E-state index in [9.17, 15) is 0 Å². The fraction of sp³-hybridized carbons (Fsp3) is 0.692. The van der Waals surface area contributed by atoms with Crippen molar-refractivity contribution in [2.45, 2.75) is 19.4 Å². The summed E-state index contributed by atoms with van der Waals surface area (Å²) in [6.45, 7) is 8.10. The molecule has 2 N–H and O–H groups in total. The number of hydrogen-bond acceptors (Lipinski definition) is 6. The summed E-state index contributed by atoms with van der Waals surface area (Å²) in [5.41, 5.74) is 0.0335. The van der Waals surface area contributed by atoms with E-state index in [1.54, 1.807) is 6.33 Å². The smallest absolute Gasteiger partial charge is 0.134 e. The molecule has 1 aliphatic rings. The first kappa shape index (κ1) is 14.0. The third kappa shape index (κ3) is 3.13. The highest BCUT2D eigenvalue weighted by Crippen LogP contribution is 2.24. The average molecular weight is 265 g/mol. The molecule has 1 fully saturated rings. The standard InChI is InChI=1S/C13H23N5O/c1-13(2)9-17(4-5-18(13)6-7-19)12-8-11(14-3)15-10-16-12/h8,10,19H,4-7,9H2,1-3H3,(H,14,15,16). The minimum atomic E-state index is 0.0335. The van der Waals surface area contributed by atoms with Crippen LogP contribution < -0.4 is 10.2 Å². The van der Waals surface area contributed by atoms with Crippen LogP contribution in [-0.2, 0) is 0 Å². The number of hydrogen-bond donors (Lipinski definition) is 2. The van der Waals surface area contributed by atoms with Gasteiger partial charge in [0.2, 0.25) is 0 Å². The largest absolute Gasteiger partial charge is 0.395 e. The number of aromatic nitrogens is 2. The molecule has 2 heterocycles. The Hall–Kier alpha value is -1.40. The summed E-state index contributed by atoms with van der Waals surface area (Å²) < 4.78 is 0. The Morgan fingerprint density at radius 3 is 2.79 bits per heavy atom. The topological polar surface area (TPSA) is 64.5 Å². The third-order valence-electron chi connectivity index (χ3n) is 3.68. The lowest BCUT2D eigenvalue weighted by atomic mass is 9.99. The van der Waals surface area contributed by atoms with Crippen LogP contribution >= 0.6 is 0 Å². The van der Waals surface area contributed by atoms with Gasteiger partial charge in [0.1, 0.15) is 18.0 Å². The van der Waals surface area contributed by atoms with Crippen molar-refractivity contribution in [3.63, 3.8) is 0 Å². The van der Waals surface area contributed by atoms with Crippen LogP contribution in [0.5, 0.6) is 0 Å². The molecule has 0 amide bonds. The Bertz CT molecular complexity index is 423. The van der Waals surface area contributed by atoms with E-state index >= 15 is 0 Å². The lowest BCUT2D eigenvalue weighted by Crippen LogP contribution is -2.60. The van der Waals surface area contributed by atoms with Gasteiger partial charge in [-0.2, -0.15) is 0 Å². The van der Waals surface area contributed by atoms with Gasteiger partial charge in [-0.3, -0.25) is 4.90 Å². The SMILES string of the molecule is CNc1cc(N2CCN(CCO)C(C)(C)C2)ncn1. The van der Waals surface area contributed by atoms with E-state index in [0.717, 1.165) is 37.8 Å². The molecular formula is C13H23N5O. The summed E-state index contributed by atoms with van der Waals surface area (Å²) in [5.74, 6) is 1.79. The number of rotatable bonds is 4. The molecule has 6 nitrogen and oxygen atoms in total. The maximum Gasteiger partial charge on any atom is 0.134 e. The maximum absolute atomic E-state index is 9.12. The number of anilines is 2. The minimum absolute atomic E-state index is 0.0335. The van der Waals surface area contributed by atoms with Crippen molar-refractivity contribution < 1.29 is 5.11 Å². The Balaban J connectivity index is 2.11. The van der Waals surface area contributed by atoms with E-state index in [4.69, 9.17) is 5.11 Å². The Morgan fingerprint density at radius 2 is 2.16 bits per heavy atom. The van der Waals surface area contributed by atoms with Gasteiger partial charge in [-0.15, -0.1) is 0 Å². The van der Waals surface area contributed by atoms with E-state index in [1.807, 2.05) is 13.1 Å². The lowest BCUT2D eigenvalue weighted by Gasteiger charge is -2.47. The summed E-state index contributed by atoms with van der Waals surface area (Å²) in [5, 5.41) is 12.2. The monoisotopic (exact) mass is 265 g/mol. The van der Waals surface area contributed by atoms with Gasteiger partial charge in [-0.25, -0.2) is 9.97 Å². The Morgan fingerprint density at radius 1 is 1.37 bits per heavy atom. The van der Waals surface area contributed by atoms with Gasteiger partial charge in [0, 0.05) is 44.8 Å². The quantitative estimate of drug-likeness (QED) is 0.822. The number of nitrogens with one attached hydrogen (secondary N) is 1. The first-order valence-corrected chi connectivity index (χ1v) is 6.67. The van der Waals surface area contributed by atoms with Gasteiger partial charge >= 0.3 is 0 Å². The molecule has 0 bridgehead atoms. The lowest BCUT2D eigenvalue weighted by molar-refractivity contribution is 0.0810.